The molecule has 1 aromatic heterocycles. The predicted octanol–water partition coefficient (Wildman–Crippen LogP) is 2.69. The van der Waals surface area contributed by atoms with Crippen LogP contribution in [0, 0.1) is 11.3 Å². The molecule has 0 N–H and O–H groups in total. The molecule has 0 amide bonds. The summed E-state index contributed by atoms with van der Waals surface area (Å²) in [6.07, 6.45) is 1.31. The summed E-state index contributed by atoms with van der Waals surface area (Å²) in [5.74, 6) is 0.0222. The van der Waals surface area contributed by atoms with Crippen LogP contribution in [0.3, 0.4) is 0 Å². The number of nitrogens with zero attached hydrogens (tertiary/aromatic N) is 1. The summed E-state index contributed by atoms with van der Waals surface area (Å²) in [7, 11) is 4.49. The van der Waals surface area contributed by atoms with Gasteiger partial charge in [-0.2, -0.15) is 0 Å². The number of esters is 1. The standard InChI is InChI=1S/C14H20NO3Si/c1-9(2)14(3,4)12(18-19)11-7-6-10(8-15-11)13(16)17-5/h6-9,12H,1-5H3. The lowest BCUT2D eigenvalue weighted by Gasteiger charge is -2.36. The zero-order valence-corrected chi connectivity index (χ0v) is 13.1. The van der Waals surface area contributed by atoms with E-state index in [2.05, 4.69) is 47.9 Å². The molecule has 0 aliphatic rings. The fourth-order valence-electron chi connectivity index (χ4n) is 1.70. The quantitative estimate of drug-likeness (QED) is 0.614. The zero-order valence-electron chi connectivity index (χ0n) is 12.1. The van der Waals surface area contributed by atoms with Crippen LogP contribution >= 0.6 is 0 Å². The van der Waals surface area contributed by atoms with E-state index in [1.165, 1.54) is 13.3 Å². The molecule has 4 nitrogen and oxygen atoms in total. The number of carbonyl (C=O) groups excluding carboxylic acids is 1. The average molecular weight is 278 g/mol. The molecule has 0 saturated carbocycles. The van der Waals surface area contributed by atoms with Gasteiger partial charge in [0.1, 0.15) is 0 Å². The first-order chi connectivity index (χ1) is 8.84. The smallest absolute Gasteiger partial charge is 0.339 e. The van der Waals surface area contributed by atoms with Crippen LogP contribution in [0.25, 0.3) is 0 Å². The van der Waals surface area contributed by atoms with Crippen molar-refractivity contribution < 1.29 is 14.0 Å². The third-order valence-corrected chi connectivity index (χ3v) is 3.99. The number of pyridine rings is 1. The van der Waals surface area contributed by atoms with Gasteiger partial charge in [-0.3, -0.25) is 4.98 Å². The van der Waals surface area contributed by atoms with Crippen LogP contribution in [-0.4, -0.2) is 28.5 Å². The Morgan fingerprint density at radius 2 is 2.00 bits per heavy atom. The van der Waals surface area contributed by atoms with Gasteiger partial charge in [-0.15, -0.1) is 0 Å². The van der Waals surface area contributed by atoms with Gasteiger partial charge in [-0.05, 0) is 23.5 Å². The van der Waals surface area contributed by atoms with E-state index < -0.39 is 5.97 Å². The van der Waals surface area contributed by atoms with Gasteiger partial charge in [-0.1, -0.05) is 27.7 Å². The van der Waals surface area contributed by atoms with Crippen molar-refractivity contribution in [3.63, 3.8) is 0 Å². The Hall–Kier alpha value is -1.20. The number of ether oxygens (including phenoxy) is 1. The molecule has 19 heavy (non-hydrogen) atoms. The molecule has 0 aliphatic carbocycles. The van der Waals surface area contributed by atoms with E-state index in [0.29, 0.717) is 11.5 Å². The maximum absolute atomic E-state index is 11.4. The average Bonchev–Trinajstić information content (AvgIpc) is 2.39. The SMILES string of the molecule is COC(=O)c1ccc(C(O[Si])C(C)(C)C(C)C)nc1. The summed E-state index contributed by atoms with van der Waals surface area (Å²) >= 11 is 0. The highest BCUT2D eigenvalue weighted by Crippen LogP contribution is 2.41. The third kappa shape index (κ3) is 3.42. The Bertz CT molecular complexity index is 429. The molecule has 1 heterocycles. The summed E-state index contributed by atoms with van der Waals surface area (Å²) in [5, 5.41) is 0. The summed E-state index contributed by atoms with van der Waals surface area (Å²) in [6.45, 7) is 8.53. The van der Waals surface area contributed by atoms with Crippen molar-refractivity contribution in [2.24, 2.45) is 11.3 Å². The largest absolute Gasteiger partial charge is 0.465 e. The van der Waals surface area contributed by atoms with Crippen molar-refractivity contribution in [1.29, 1.82) is 0 Å². The lowest BCUT2D eigenvalue weighted by molar-refractivity contribution is 0.0398. The Kier molecular flexibility index (Phi) is 5.26. The van der Waals surface area contributed by atoms with Gasteiger partial charge in [0, 0.05) is 6.20 Å². The molecular formula is C14H20NO3Si. The Balaban J connectivity index is 3.04. The maximum Gasteiger partial charge on any atom is 0.339 e. The number of rotatable bonds is 5. The van der Waals surface area contributed by atoms with Crippen molar-refractivity contribution in [2.45, 2.75) is 33.8 Å². The lowest BCUT2D eigenvalue weighted by atomic mass is 9.75. The second kappa shape index (κ2) is 6.30. The first-order valence-corrected chi connectivity index (χ1v) is 6.62. The second-order valence-electron chi connectivity index (χ2n) is 5.44. The van der Waals surface area contributed by atoms with Gasteiger partial charge in [0.25, 0.3) is 0 Å². The highest BCUT2D eigenvalue weighted by atomic mass is 28.2. The monoisotopic (exact) mass is 278 g/mol. The normalized spacial score (nSPS) is 13.4. The number of carbonyl (C=O) groups is 1. The highest BCUT2D eigenvalue weighted by Gasteiger charge is 2.34. The lowest BCUT2D eigenvalue weighted by Crippen LogP contribution is -2.30. The Morgan fingerprint density at radius 1 is 1.37 bits per heavy atom. The summed E-state index contributed by atoms with van der Waals surface area (Å²) in [5.41, 5.74) is 1.12. The van der Waals surface area contributed by atoms with Gasteiger partial charge < -0.3 is 9.16 Å². The summed E-state index contributed by atoms with van der Waals surface area (Å²) in [4.78, 5) is 15.7. The molecule has 5 heteroatoms. The van der Waals surface area contributed by atoms with E-state index in [1.54, 1.807) is 12.1 Å². The van der Waals surface area contributed by atoms with E-state index in [0.717, 1.165) is 5.69 Å². The molecule has 0 aliphatic heterocycles. The zero-order chi connectivity index (χ0) is 14.6. The number of hydrogen-bond donors (Lipinski definition) is 0. The molecule has 3 radical (unpaired) electrons. The second-order valence-corrected chi connectivity index (χ2v) is 5.67. The van der Waals surface area contributed by atoms with Gasteiger partial charge in [0.15, 0.2) is 0 Å². The van der Waals surface area contributed by atoms with Crippen LogP contribution in [0.4, 0.5) is 0 Å². The number of aromatic nitrogens is 1. The predicted molar refractivity (Wildman–Crippen MR) is 73.8 cm³/mol. The third-order valence-electron chi connectivity index (χ3n) is 3.76. The fraction of sp³-hybridized carbons (Fsp3) is 0.571. The molecule has 1 unspecified atom stereocenters. The van der Waals surface area contributed by atoms with E-state index >= 15 is 0 Å². The van der Waals surface area contributed by atoms with Crippen molar-refractivity contribution in [2.75, 3.05) is 7.11 Å². The van der Waals surface area contributed by atoms with Crippen LogP contribution in [0.1, 0.15) is 49.9 Å². The van der Waals surface area contributed by atoms with Gasteiger partial charge >= 0.3 is 5.97 Å². The molecule has 0 bridgehead atoms. The minimum atomic E-state index is -0.391. The summed E-state index contributed by atoms with van der Waals surface area (Å²) in [6, 6.07) is 3.49. The van der Waals surface area contributed by atoms with Crippen LogP contribution in [0.5, 0.6) is 0 Å². The fourth-order valence-corrected chi connectivity index (χ4v) is 2.12. The molecule has 103 valence electrons. The molecule has 0 aromatic carbocycles. The molecule has 1 rings (SSSR count). The topological polar surface area (TPSA) is 48.4 Å². The molecule has 0 spiro atoms. The van der Waals surface area contributed by atoms with Crippen molar-refractivity contribution >= 4 is 16.5 Å². The van der Waals surface area contributed by atoms with Gasteiger partial charge in [0.2, 0.25) is 10.5 Å². The van der Waals surface area contributed by atoms with E-state index in [-0.39, 0.29) is 11.5 Å². The summed E-state index contributed by atoms with van der Waals surface area (Å²) < 4.78 is 10.1. The van der Waals surface area contributed by atoms with E-state index in [9.17, 15) is 4.79 Å². The Labute approximate surface area is 118 Å². The van der Waals surface area contributed by atoms with Crippen LogP contribution in [-0.2, 0) is 9.16 Å². The first kappa shape index (κ1) is 15.9. The van der Waals surface area contributed by atoms with Crippen molar-refractivity contribution in [1.82, 2.24) is 4.98 Å². The van der Waals surface area contributed by atoms with Crippen molar-refractivity contribution in [3.8, 4) is 0 Å². The van der Waals surface area contributed by atoms with Crippen LogP contribution in [0.2, 0.25) is 0 Å². The number of methoxy groups -OCH3 is 1. The van der Waals surface area contributed by atoms with Crippen molar-refractivity contribution in [3.05, 3.63) is 29.6 Å². The first-order valence-electron chi connectivity index (χ1n) is 6.21. The number of hydrogen-bond acceptors (Lipinski definition) is 4. The maximum atomic E-state index is 11.4. The van der Waals surface area contributed by atoms with E-state index in [1.807, 2.05) is 0 Å². The minimum absolute atomic E-state index is 0.0957. The molecule has 1 atom stereocenters. The molecular weight excluding hydrogens is 258 g/mol. The minimum Gasteiger partial charge on any atom is -0.465 e. The van der Waals surface area contributed by atoms with Crippen LogP contribution in [0.15, 0.2) is 18.3 Å². The van der Waals surface area contributed by atoms with E-state index in [4.69, 9.17) is 4.43 Å². The molecule has 0 fully saturated rings. The van der Waals surface area contributed by atoms with Gasteiger partial charge in [0.05, 0.1) is 24.5 Å². The van der Waals surface area contributed by atoms with Crippen LogP contribution < -0.4 is 0 Å². The van der Waals surface area contributed by atoms with Gasteiger partial charge in [-0.25, -0.2) is 4.79 Å². The molecule has 1 aromatic rings. The Morgan fingerprint density at radius 3 is 2.37 bits per heavy atom. The highest BCUT2D eigenvalue weighted by molar-refractivity contribution is 5.98. The molecule has 0 saturated heterocycles.